The van der Waals surface area contributed by atoms with Crippen LogP contribution in [0.25, 0.3) is 33.4 Å². The molecule has 0 bridgehead atoms. The Hall–Kier alpha value is -5.12. The highest BCUT2D eigenvalue weighted by Crippen LogP contribution is 2.55. The van der Waals surface area contributed by atoms with Crippen molar-refractivity contribution >= 4 is 17.6 Å². The molecule has 10 rings (SSSR count). The van der Waals surface area contributed by atoms with Gasteiger partial charge in [0.1, 0.15) is 5.82 Å². The Morgan fingerprint density at radius 2 is 1.32 bits per heavy atom. The van der Waals surface area contributed by atoms with Crippen LogP contribution in [0.4, 0.5) is 5.82 Å². The lowest BCUT2D eigenvalue weighted by atomic mass is 9.80. The summed E-state index contributed by atoms with van der Waals surface area (Å²) >= 11 is 2.08. The predicted molar refractivity (Wildman–Crippen MR) is 211 cm³/mol. The Balaban J connectivity index is 0.997. The number of pyridine rings is 1. The first-order chi connectivity index (χ1) is 24.8. The molecule has 5 unspecified atom stereocenters. The molecule has 0 N–H and O–H groups in total. The number of anilines is 1. The standard InChI is InChI=1S/C47H38N2S/c1-3-12-31(13-4-1)35-26-36(32-14-5-2-6-15-32)28-37(27-35)34-23-25-46(48-30-34)49-43-20-9-7-16-39(43)40-24-22-33(29-44(40)49)38-18-11-19-42-41-17-8-10-21-45(41)50-47(38)42/h1-10,12-17,19-28,30,39,41,43-45H,11,18,29H2. The Bertz CT molecular complexity index is 2170. The third-order valence-corrected chi connectivity index (χ3v) is 12.7. The van der Waals surface area contributed by atoms with Crippen molar-refractivity contribution in [2.45, 2.75) is 36.6 Å². The van der Waals surface area contributed by atoms with Crippen molar-refractivity contribution in [1.29, 1.82) is 0 Å². The van der Waals surface area contributed by atoms with Gasteiger partial charge in [-0.2, -0.15) is 0 Å². The fraction of sp³-hybridized carbons (Fsp3) is 0.170. The van der Waals surface area contributed by atoms with Gasteiger partial charge in [-0.3, -0.25) is 0 Å². The van der Waals surface area contributed by atoms with Crippen molar-refractivity contribution in [3.8, 4) is 33.4 Å². The average molecular weight is 663 g/mol. The summed E-state index contributed by atoms with van der Waals surface area (Å²) in [5, 5.41) is 0.533. The molecule has 0 amide bonds. The number of hydrogen-bond acceptors (Lipinski definition) is 3. The molecule has 3 heterocycles. The van der Waals surface area contributed by atoms with E-state index in [9.17, 15) is 0 Å². The molecule has 1 aromatic heterocycles. The molecule has 3 aromatic carbocycles. The number of thioether (sulfide) groups is 1. The molecule has 5 atom stereocenters. The van der Waals surface area contributed by atoms with Gasteiger partial charge in [-0.05, 0) is 99.7 Å². The number of benzene rings is 3. The van der Waals surface area contributed by atoms with Gasteiger partial charge >= 0.3 is 0 Å². The zero-order chi connectivity index (χ0) is 33.0. The van der Waals surface area contributed by atoms with Crippen LogP contribution >= 0.6 is 11.8 Å². The fourth-order valence-electron chi connectivity index (χ4n) is 8.91. The molecule has 0 saturated carbocycles. The minimum Gasteiger partial charge on any atom is -0.342 e. The molecule has 4 aromatic rings. The SMILES string of the molecule is C1=CC2SC3=C(C4=CC=C5C6C=CC=CC6N(c6ccc(-c7cc(-c8ccccc8)cc(-c8ccccc8)c7)cn6)C5C4)CCC=C3C2C=C1. The van der Waals surface area contributed by atoms with Crippen molar-refractivity contribution in [2.75, 3.05) is 4.90 Å². The number of hydrogen-bond donors (Lipinski definition) is 0. The molecule has 4 aliphatic carbocycles. The lowest BCUT2D eigenvalue weighted by molar-refractivity contribution is 0.658. The van der Waals surface area contributed by atoms with Crippen LogP contribution in [0.5, 0.6) is 0 Å². The highest BCUT2D eigenvalue weighted by atomic mass is 32.2. The monoisotopic (exact) mass is 662 g/mol. The Labute approximate surface area is 299 Å². The van der Waals surface area contributed by atoms with E-state index in [0.29, 0.717) is 17.1 Å². The second-order valence-corrected chi connectivity index (χ2v) is 15.3. The first kappa shape index (κ1) is 29.8. The minimum absolute atomic E-state index is 0.270. The van der Waals surface area contributed by atoms with E-state index in [1.54, 1.807) is 16.1 Å². The summed E-state index contributed by atoms with van der Waals surface area (Å²) in [6.45, 7) is 0. The van der Waals surface area contributed by atoms with E-state index in [4.69, 9.17) is 4.98 Å². The molecule has 242 valence electrons. The summed E-state index contributed by atoms with van der Waals surface area (Å²) in [6, 6.07) is 33.4. The van der Waals surface area contributed by atoms with Crippen LogP contribution in [-0.4, -0.2) is 22.3 Å². The summed E-state index contributed by atoms with van der Waals surface area (Å²) in [4.78, 5) is 9.40. The van der Waals surface area contributed by atoms with Gasteiger partial charge in [-0.25, -0.2) is 4.98 Å². The van der Waals surface area contributed by atoms with Crippen LogP contribution in [0.15, 0.2) is 191 Å². The summed E-state index contributed by atoms with van der Waals surface area (Å²) < 4.78 is 0. The van der Waals surface area contributed by atoms with Crippen molar-refractivity contribution in [3.63, 3.8) is 0 Å². The first-order valence-electron chi connectivity index (χ1n) is 18.0. The molecule has 0 spiro atoms. The lowest BCUT2D eigenvalue weighted by Gasteiger charge is -2.33. The first-order valence-corrected chi connectivity index (χ1v) is 18.9. The number of nitrogens with zero attached hydrogens (tertiary/aromatic N) is 2. The molecule has 2 saturated heterocycles. The molecule has 2 fully saturated rings. The van der Waals surface area contributed by atoms with Crippen LogP contribution in [0.3, 0.4) is 0 Å². The number of allylic oxidation sites excluding steroid dienone is 10. The van der Waals surface area contributed by atoms with Crippen molar-refractivity contribution < 1.29 is 0 Å². The van der Waals surface area contributed by atoms with Gasteiger partial charge in [-0.15, -0.1) is 11.8 Å². The maximum atomic E-state index is 5.24. The molecular formula is C47H38N2S. The third-order valence-electron chi connectivity index (χ3n) is 11.3. The van der Waals surface area contributed by atoms with Gasteiger partial charge in [0.25, 0.3) is 0 Å². The summed E-state index contributed by atoms with van der Waals surface area (Å²) in [6.07, 6.45) is 31.3. The third kappa shape index (κ3) is 5.06. The number of fused-ring (bicyclic) bond motifs is 6. The van der Waals surface area contributed by atoms with Crippen molar-refractivity contribution in [2.24, 2.45) is 11.8 Å². The van der Waals surface area contributed by atoms with Crippen LogP contribution in [0.2, 0.25) is 0 Å². The Morgan fingerprint density at radius 1 is 0.640 bits per heavy atom. The van der Waals surface area contributed by atoms with E-state index in [1.807, 2.05) is 0 Å². The van der Waals surface area contributed by atoms with Crippen molar-refractivity contribution in [3.05, 3.63) is 191 Å². The molecule has 0 radical (unpaired) electrons. The fourth-order valence-corrected chi connectivity index (χ4v) is 10.5. The van der Waals surface area contributed by atoms with Gasteiger partial charge in [0.05, 0.1) is 12.1 Å². The predicted octanol–water partition coefficient (Wildman–Crippen LogP) is 11.5. The number of aromatic nitrogens is 1. The maximum absolute atomic E-state index is 5.24. The zero-order valence-corrected chi connectivity index (χ0v) is 28.7. The topological polar surface area (TPSA) is 16.1 Å². The summed E-state index contributed by atoms with van der Waals surface area (Å²) in [7, 11) is 0. The maximum Gasteiger partial charge on any atom is 0.129 e. The second-order valence-electron chi connectivity index (χ2n) is 14.1. The van der Waals surface area contributed by atoms with E-state index >= 15 is 0 Å². The van der Waals surface area contributed by atoms with E-state index < -0.39 is 0 Å². The highest BCUT2D eigenvalue weighted by molar-refractivity contribution is 8.04. The quantitative estimate of drug-likeness (QED) is 0.212. The molecule has 2 nitrogen and oxygen atoms in total. The van der Waals surface area contributed by atoms with Gasteiger partial charge in [0.15, 0.2) is 0 Å². The summed E-state index contributed by atoms with van der Waals surface area (Å²) in [5.41, 5.74) is 13.4. The zero-order valence-electron chi connectivity index (χ0n) is 27.9. The van der Waals surface area contributed by atoms with Gasteiger partial charge in [0, 0.05) is 33.8 Å². The second kappa shape index (κ2) is 12.3. The van der Waals surface area contributed by atoms with Crippen LogP contribution in [0.1, 0.15) is 19.3 Å². The van der Waals surface area contributed by atoms with Crippen LogP contribution in [0, 0.1) is 11.8 Å². The molecular weight excluding hydrogens is 625 g/mol. The highest BCUT2D eigenvalue weighted by Gasteiger charge is 2.46. The molecule has 3 heteroatoms. The molecule has 2 aliphatic heterocycles. The van der Waals surface area contributed by atoms with Crippen LogP contribution in [-0.2, 0) is 0 Å². The number of rotatable bonds is 5. The average Bonchev–Trinajstić information content (AvgIpc) is 3.74. The van der Waals surface area contributed by atoms with Gasteiger partial charge in [-0.1, -0.05) is 127 Å². The largest absolute Gasteiger partial charge is 0.342 e. The summed E-state index contributed by atoms with van der Waals surface area (Å²) in [5.74, 6) is 1.95. The van der Waals surface area contributed by atoms with Gasteiger partial charge in [0.2, 0.25) is 0 Å². The van der Waals surface area contributed by atoms with Crippen LogP contribution < -0.4 is 4.90 Å². The molecule has 50 heavy (non-hydrogen) atoms. The minimum atomic E-state index is 0.270. The Morgan fingerprint density at radius 3 is 2.04 bits per heavy atom. The van der Waals surface area contributed by atoms with Crippen molar-refractivity contribution in [1.82, 2.24) is 4.98 Å². The molecule has 6 aliphatic rings. The Kier molecular flexibility index (Phi) is 7.34. The van der Waals surface area contributed by atoms with E-state index in [0.717, 1.165) is 30.6 Å². The van der Waals surface area contributed by atoms with Gasteiger partial charge < -0.3 is 4.90 Å². The van der Waals surface area contributed by atoms with E-state index in [-0.39, 0.29) is 12.1 Å². The van der Waals surface area contributed by atoms with E-state index in [2.05, 4.69) is 181 Å². The smallest absolute Gasteiger partial charge is 0.129 e. The lowest BCUT2D eigenvalue weighted by Crippen LogP contribution is -2.38. The normalized spacial score (nSPS) is 25.8. The van der Waals surface area contributed by atoms with E-state index in [1.165, 1.54) is 39.0 Å².